The Morgan fingerprint density at radius 3 is 1.76 bits per heavy atom. The van der Waals surface area contributed by atoms with Crippen molar-refractivity contribution in [3.05, 3.63) is 94.8 Å². The van der Waals surface area contributed by atoms with E-state index in [4.69, 9.17) is 0 Å². The summed E-state index contributed by atoms with van der Waals surface area (Å²) in [7, 11) is 0. The molecular weight excluding hydrogens is 457 g/mol. The SMILES string of the molecule is O=C(Nc1ccc(N2CCN(C(=O)c3ccccc3)CC2)cc1)c1c(F)c(F)c(F)c(F)c1F. The number of nitrogens with one attached hydrogen (secondary N) is 1. The van der Waals surface area contributed by atoms with Gasteiger partial charge in [0.15, 0.2) is 23.3 Å². The standard InChI is InChI=1S/C24H18F5N3O2/c25-18-17(19(26)21(28)22(29)20(18)27)23(33)30-15-6-8-16(9-7-15)31-10-12-32(13-11-31)24(34)14-4-2-1-3-5-14/h1-9H,10-13H2,(H,30,33). The molecule has 1 saturated heterocycles. The Labute approximate surface area is 191 Å². The maximum atomic E-state index is 13.8. The summed E-state index contributed by atoms with van der Waals surface area (Å²) >= 11 is 0. The zero-order valence-corrected chi connectivity index (χ0v) is 17.6. The van der Waals surface area contributed by atoms with Crippen molar-refractivity contribution in [1.82, 2.24) is 4.90 Å². The molecule has 0 unspecified atom stereocenters. The molecular formula is C24H18F5N3O2. The van der Waals surface area contributed by atoms with E-state index in [0.717, 1.165) is 5.69 Å². The zero-order valence-electron chi connectivity index (χ0n) is 17.6. The number of carbonyl (C=O) groups is 2. The van der Waals surface area contributed by atoms with Crippen LogP contribution in [0.15, 0.2) is 54.6 Å². The Morgan fingerprint density at radius 1 is 0.676 bits per heavy atom. The molecule has 10 heteroatoms. The molecule has 1 heterocycles. The number of hydrogen-bond donors (Lipinski definition) is 1. The number of benzene rings is 3. The van der Waals surface area contributed by atoms with Crippen LogP contribution in [0.2, 0.25) is 0 Å². The zero-order chi connectivity index (χ0) is 24.4. The molecule has 4 rings (SSSR count). The van der Waals surface area contributed by atoms with Gasteiger partial charge in [0.05, 0.1) is 0 Å². The minimum absolute atomic E-state index is 0.0496. The van der Waals surface area contributed by atoms with Crippen LogP contribution in [-0.4, -0.2) is 42.9 Å². The minimum atomic E-state index is -2.33. The van der Waals surface area contributed by atoms with Crippen molar-refractivity contribution < 1.29 is 31.5 Å². The van der Waals surface area contributed by atoms with E-state index >= 15 is 0 Å². The lowest BCUT2D eigenvalue weighted by atomic mass is 10.1. The first-order valence-corrected chi connectivity index (χ1v) is 10.3. The van der Waals surface area contributed by atoms with E-state index < -0.39 is 40.6 Å². The summed E-state index contributed by atoms with van der Waals surface area (Å²) in [4.78, 5) is 28.5. The van der Waals surface area contributed by atoms with Gasteiger partial charge in [-0.25, -0.2) is 22.0 Å². The summed E-state index contributed by atoms with van der Waals surface area (Å²) < 4.78 is 67.6. The van der Waals surface area contributed by atoms with Crippen molar-refractivity contribution in [1.29, 1.82) is 0 Å². The molecule has 0 radical (unpaired) electrons. The molecule has 3 aromatic rings. The lowest BCUT2D eigenvalue weighted by Crippen LogP contribution is -2.48. The normalized spacial score (nSPS) is 13.7. The van der Waals surface area contributed by atoms with Crippen molar-refractivity contribution in [2.24, 2.45) is 0 Å². The van der Waals surface area contributed by atoms with E-state index in [1.54, 1.807) is 41.3 Å². The summed E-state index contributed by atoms with van der Waals surface area (Å²) in [6.07, 6.45) is 0. The number of hydrogen-bond acceptors (Lipinski definition) is 3. The van der Waals surface area contributed by atoms with Crippen LogP contribution in [-0.2, 0) is 0 Å². The second-order valence-electron chi connectivity index (χ2n) is 7.59. The molecule has 0 bridgehead atoms. The molecule has 3 aromatic carbocycles. The lowest BCUT2D eigenvalue weighted by molar-refractivity contribution is 0.0746. The maximum absolute atomic E-state index is 13.8. The van der Waals surface area contributed by atoms with Crippen molar-refractivity contribution in [3.63, 3.8) is 0 Å². The third kappa shape index (κ3) is 4.43. The van der Waals surface area contributed by atoms with Gasteiger partial charge < -0.3 is 15.1 Å². The number of carbonyl (C=O) groups excluding carboxylic acids is 2. The smallest absolute Gasteiger partial charge is 0.261 e. The Balaban J connectivity index is 1.40. The molecule has 2 amide bonds. The third-order valence-corrected chi connectivity index (χ3v) is 5.51. The van der Waals surface area contributed by atoms with Crippen LogP contribution in [0.1, 0.15) is 20.7 Å². The van der Waals surface area contributed by atoms with E-state index in [2.05, 4.69) is 5.32 Å². The second kappa shape index (κ2) is 9.50. The van der Waals surface area contributed by atoms with E-state index in [1.807, 2.05) is 11.0 Å². The first kappa shape index (κ1) is 23.2. The molecule has 176 valence electrons. The fraction of sp³-hybridized carbons (Fsp3) is 0.167. The molecule has 0 saturated carbocycles. The Kier molecular flexibility index (Phi) is 6.49. The Bertz CT molecular complexity index is 1200. The average Bonchev–Trinajstić information content (AvgIpc) is 2.87. The second-order valence-corrected chi connectivity index (χ2v) is 7.59. The monoisotopic (exact) mass is 475 g/mol. The highest BCUT2D eigenvalue weighted by atomic mass is 19.2. The van der Waals surface area contributed by atoms with Gasteiger partial charge in [-0.3, -0.25) is 9.59 Å². The van der Waals surface area contributed by atoms with Crippen LogP contribution in [0.4, 0.5) is 33.3 Å². The number of rotatable bonds is 4. The summed E-state index contributed by atoms with van der Waals surface area (Å²) in [6, 6.07) is 15.1. The van der Waals surface area contributed by atoms with Gasteiger partial charge in [-0.15, -0.1) is 0 Å². The van der Waals surface area contributed by atoms with Crippen LogP contribution >= 0.6 is 0 Å². The van der Waals surface area contributed by atoms with Crippen molar-refractivity contribution >= 4 is 23.2 Å². The van der Waals surface area contributed by atoms with Gasteiger partial charge >= 0.3 is 0 Å². The summed E-state index contributed by atoms with van der Waals surface area (Å²) in [6.45, 7) is 2.14. The van der Waals surface area contributed by atoms with Crippen LogP contribution in [0.3, 0.4) is 0 Å². The molecule has 1 aliphatic heterocycles. The van der Waals surface area contributed by atoms with Gasteiger partial charge in [-0.05, 0) is 36.4 Å². The third-order valence-electron chi connectivity index (χ3n) is 5.51. The highest BCUT2D eigenvalue weighted by Gasteiger charge is 2.30. The summed E-state index contributed by atoms with van der Waals surface area (Å²) in [5.74, 6) is -12.6. The van der Waals surface area contributed by atoms with Gasteiger partial charge in [0.2, 0.25) is 5.82 Å². The van der Waals surface area contributed by atoms with E-state index in [1.165, 1.54) is 12.1 Å². The van der Waals surface area contributed by atoms with E-state index in [-0.39, 0.29) is 11.6 Å². The molecule has 1 N–H and O–H groups in total. The van der Waals surface area contributed by atoms with Crippen LogP contribution < -0.4 is 10.2 Å². The predicted molar refractivity (Wildman–Crippen MR) is 115 cm³/mol. The minimum Gasteiger partial charge on any atom is -0.368 e. The number of halogens is 5. The van der Waals surface area contributed by atoms with Crippen molar-refractivity contribution in [2.75, 3.05) is 36.4 Å². The summed E-state index contributed by atoms with van der Waals surface area (Å²) in [5.41, 5.74) is -0.0545. The van der Waals surface area contributed by atoms with Crippen LogP contribution in [0.25, 0.3) is 0 Å². The average molecular weight is 475 g/mol. The van der Waals surface area contributed by atoms with Gasteiger partial charge in [-0.2, -0.15) is 0 Å². The largest absolute Gasteiger partial charge is 0.368 e. The van der Waals surface area contributed by atoms with Gasteiger partial charge in [-0.1, -0.05) is 18.2 Å². The molecule has 0 atom stereocenters. The fourth-order valence-electron chi connectivity index (χ4n) is 3.68. The summed E-state index contributed by atoms with van der Waals surface area (Å²) in [5, 5.41) is 2.14. The molecule has 1 fully saturated rings. The Hall–Kier alpha value is -3.95. The van der Waals surface area contributed by atoms with Crippen LogP contribution in [0, 0.1) is 29.1 Å². The molecule has 0 aliphatic carbocycles. The van der Waals surface area contributed by atoms with Gasteiger partial charge in [0, 0.05) is 43.1 Å². The lowest BCUT2D eigenvalue weighted by Gasteiger charge is -2.36. The van der Waals surface area contributed by atoms with E-state index in [0.29, 0.717) is 31.7 Å². The predicted octanol–water partition coefficient (Wildman–Crippen LogP) is 4.60. The number of piperazine rings is 1. The topological polar surface area (TPSA) is 52.7 Å². The van der Waals surface area contributed by atoms with Gasteiger partial charge in [0.1, 0.15) is 5.56 Å². The van der Waals surface area contributed by atoms with Crippen molar-refractivity contribution in [3.8, 4) is 0 Å². The molecule has 1 aliphatic rings. The maximum Gasteiger partial charge on any atom is 0.261 e. The first-order chi connectivity index (χ1) is 16.3. The molecule has 0 spiro atoms. The van der Waals surface area contributed by atoms with Crippen LogP contribution in [0.5, 0.6) is 0 Å². The number of anilines is 2. The fourth-order valence-corrected chi connectivity index (χ4v) is 3.68. The molecule has 34 heavy (non-hydrogen) atoms. The van der Waals surface area contributed by atoms with E-state index in [9.17, 15) is 31.5 Å². The first-order valence-electron chi connectivity index (χ1n) is 10.3. The van der Waals surface area contributed by atoms with Gasteiger partial charge in [0.25, 0.3) is 11.8 Å². The number of nitrogens with zero attached hydrogens (tertiary/aromatic N) is 2. The highest BCUT2D eigenvalue weighted by molar-refractivity contribution is 6.04. The Morgan fingerprint density at radius 2 is 1.21 bits per heavy atom. The van der Waals surface area contributed by atoms with Crippen molar-refractivity contribution in [2.45, 2.75) is 0 Å². The quantitative estimate of drug-likeness (QED) is 0.341. The molecule has 5 nitrogen and oxygen atoms in total. The highest BCUT2D eigenvalue weighted by Crippen LogP contribution is 2.25. The number of amides is 2. The molecule has 0 aromatic heterocycles.